The average Bonchev–Trinajstić information content (AvgIpc) is 2.66. The first-order valence-electron chi connectivity index (χ1n) is 9.31. The monoisotopic (exact) mass is 394 g/mol. The molecule has 0 amide bonds. The Morgan fingerprint density at radius 2 is 1.96 bits per heavy atom. The molecule has 0 saturated carbocycles. The predicted octanol–water partition coefficient (Wildman–Crippen LogP) is 1.32. The van der Waals surface area contributed by atoms with Crippen LogP contribution >= 0.6 is 0 Å². The van der Waals surface area contributed by atoms with Crippen LogP contribution in [0, 0.1) is 5.82 Å². The van der Waals surface area contributed by atoms with Crippen LogP contribution in [0.2, 0.25) is 0 Å². The highest BCUT2D eigenvalue weighted by Crippen LogP contribution is 2.18. The molecule has 0 aliphatic carbocycles. The zero-order chi connectivity index (χ0) is 20.7. The van der Waals surface area contributed by atoms with E-state index in [0.717, 1.165) is 12.8 Å². The Morgan fingerprint density at radius 1 is 1.29 bits per heavy atom. The molecule has 0 fully saturated rings. The molecule has 1 atom stereocenters. The van der Waals surface area contributed by atoms with Crippen molar-refractivity contribution in [1.29, 1.82) is 0 Å². The SMILES string of the molecule is CCCCn1c(N)c(N(CC)CC(O)COc2ccc(F)cc2)c(=O)[nH]c1=O. The molecule has 0 saturated heterocycles. The number of aliphatic hydroxyl groups excluding tert-OH is 1. The van der Waals surface area contributed by atoms with E-state index >= 15 is 0 Å². The summed E-state index contributed by atoms with van der Waals surface area (Å²) in [4.78, 5) is 28.3. The molecule has 9 heteroatoms. The Labute approximate surface area is 162 Å². The lowest BCUT2D eigenvalue weighted by Gasteiger charge is -2.27. The minimum atomic E-state index is -0.931. The molecule has 0 radical (unpaired) electrons. The van der Waals surface area contributed by atoms with Gasteiger partial charge in [0.2, 0.25) is 0 Å². The van der Waals surface area contributed by atoms with E-state index < -0.39 is 17.4 Å². The maximum atomic E-state index is 12.9. The highest BCUT2D eigenvalue weighted by atomic mass is 19.1. The molecule has 1 heterocycles. The van der Waals surface area contributed by atoms with Crippen LogP contribution in [0.15, 0.2) is 33.9 Å². The van der Waals surface area contributed by atoms with E-state index in [-0.39, 0.29) is 30.5 Å². The predicted molar refractivity (Wildman–Crippen MR) is 106 cm³/mol. The maximum absolute atomic E-state index is 12.9. The molecule has 2 rings (SSSR count). The molecule has 4 N–H and O–H groups in total. The number of aliphatic hydroxyl groups is 1. The molecule has 2 aromatic rings. The molecular formula is C19H27FN4O4. The highest BCUT2D eigenvalue weighted by molar-refractivity contribution is 5.62. The summed E-state index contributed by atoms with van der Waals surface area (Å²) in [5.74, 6) is 0.127. The quantitative estimate of drug-likeness (QED) is 0.560. The lowest BCUT2D eigenvalue weighted by molar-refractivity contribution is 0.112. The number of halogens is 1. The summed E-state index contributed by atoms with van der Waals surface area (Å²) in [7, 11) is 0. The van der Waals surface area contributed by atoms with Crippen LogP contribution in [-0.2, 0) is 6.54 Å². The maximum Gasteiger partial charge on any atom is 0.330 e. The minimum absolute atomic E-state index is 0.0462. The summed E-state index contributed by atoms with van der Waals surface area (Å²) >= 11 is 0. The number of nitrogens with two attached hydrogens (primary N) is 1. The fourth-order valence-electron chi connectivity index (χ4n) is 2.83. The van der Waals surface area contributed by atoms with Crippen molar-refractivity contribution in [2.45, 2.75) is 39.3 Å². The molecule has 0 aliphatic rings. The smallest absolute Gasteiger partial charge is 0.330 e. The first-order valence-corrected chi connectivity index (χ1v) is 9.31. The van der Waals surface area contributed by atoms with E-state index in [0.29, 0.717) is 18.8 Å². The van der Waals surface area contributed by atoms with Gasteiger partial charge in [-0.25, -0.2) is 9.18 Å². The second-order valence-electron chi connectivity index (χ2n) is 6.46. The molecule has 0 aliphatic heterocycles. The van der Waals surface area contributed by atoms with E-state index in [9.17, 15) is 19.1 Å². The number of ether oxygens (including phenoxy) is 1. The Hall–Kier alpha value is -2.81. The van der Waals surface area contributed by atoms with Crippen LogP contribution in [0.3, 0.4) is 0 Å². The van der Waals surface area contributed by atoms with E-state index in [1.807, 2.05) is 13.8 Å². The normalized spacial score (nSPS) is 12.0. The Morgan fingerprint density at radius 3 is 2.57 bits per heavy atom. The first kappa shape index (κ1) is 21.5. The van der Waals surface area contributed by atoms with Gasteiger partial charge in [0.05, 0.1) is 0 Å². The van der Waals surface area contributed by atoms with Gasteiger partial charge >= 0.3 is 5.69 Å². The van der Waals surface area contributed by atoms with Crippen molar-refractivity contribution in [2.75, 3.05) is 30.3 Å². The van der Waals surface area contributed by atoms with Crippen molar-refractivity contribution < 1.29 is 14.2 Å². The number of benzene rings is 1. The first-order chi connectivity index (χ1) is 13.4. The molecule has 154 valence electrons. The lowest BCUT2D eigenvalue weighted by Crippen LogP contribution is -2.42. The number of aromatic amines is 1. The molecule has 1 aromatic heterocycles. The number of H-pyrrole nitrogens is 1. The molecular weight excluding hydrogens is 367 g/mol. The van der Waals surface area contributed by atoms with Crippen molar-refractivity contribution in [2.24, 2.45) is 0 Å². The number of nitrogens with one attached hydrogen (secondary N) is 1. The van der Waals surface area contributed by atoms with Gasteiger partial charge in [0.1, 0.15) is 35.8 Å². The summed E-state index contributed by atoms with van der Waals surface area (Å²) in [6.07, 6.45) is 0.687. The van der Waals surface area contributed by atoms with Gasteiger partial charge in [-0.15, -0.1) is 0 Å². The summed E-state index contributed by atoms with van der Waals surface area (Å²) in [5, 5.41) is 10.3. The third-order valence-electron chi connectivity index (χ3n) is 4.33. The van der Waals surface area contributed by atoms with Gasteiger partial charge in [0.15, 0.2) is 0 Å². The second kappa shape index (κ2) is 9.93. The number of unbranched alkanes of at least 4 members (excludes halogenated alkanes) is 1. The number of anilines is 2. The van der Waals surface area contributed by atoms with E-state index in [4.69, 9.17) is 10.5 Å². The zero-order valence-electron chi connectivity index (χ0n) is 16.2. The number of aromatic nitrogens is 2. The largest absolute Gasteiger partial charge is 0.491 e. The topological polar surface area (TPSA) is 114 Å². The van der Waals surface area contributed by atoms with Crippen LogP contribution < -0.4 is 26.6 Å². The highest BCUT2D eigenvalue weighted by Gasteiger charge is 2.20. The molecule has 0 bridgehead atoms. The summed E-state index contributed by atoms with van der Waals surface area (Å²) in [5.41, 5.74) is 5.12. The van der Waals surface area contributed by atoms with Crippen molar-refractivity contribution in [3.63, 3.8) is 0 Å². The molecule has 28 heavy (non-hydrogen) atoms. The van der Waals surface area contributed by atoms with Gasteiger partial charge in [-0.1, -0.05) is 13.3 Å². The van der Waals surface area contributed by atoms with Gasteiger partial charge < -0.3 is 20.5 Å². The number of nitrogens with zero attached hydrogens (tertiary/aromatic N) is 2. The average molecular weight is 394 g/mol. The Bertz CT molecular complexity index is 879. The van der Waals surface area contributed by atoms with Crippen LogP contribution in [0.25, 0.3) is 0 Å². The van der Waals surface area contributed by atoms with Gasteiger partial charge in [-0.3, -0.25) is 14.3 Å². The molecule has 1 unspecified atom stereocenters. The van der Waals surface area contributed by atoms with Crippen LogP contribution in [0.5, 0.6) is 5.75 Å². The van der Waals surface area contributed by atoms with E-state index in [1.54, 1.807) is 4.90 Å². The molecule has 1 aromatic carbocycles. The third kappa shape index (κ3) is 5.35. The van der Waals surface area contributed by atoms with Crippen molar-refractivity contribution in [1.82, 2.24) is 9.55 Å². The summed E-state index contributed by atoms with van der Waals surface area (Å²) in [6, 6.07) is 5.46. The fourth-order valence-corrected chi connectivity index (χ4v) is 2.83. The standard InChI is InChI=1S/C19H27FN4O4/c1-3-5-10-24-17(21)16(18(26)22-19(24)27)23(4-2)11-14(25)12-28-15-8-6-13(20)7-9-15/h6-9,14,25H,3-5,10-12,21H2,1-2H3,(H,22,26,27). The Kier molecular flexibility index (Phi) is 7.62. The van der Waals surface area contributed by atoms with Crippen molar-refractivity contribution >= 4 is 11.5 Å². The van der Waals surface area contributed by atoms with E-state index in [2.05, 4.69) is 4.98 Å². The fraction of sp³-hybridized carbons (Fsp3) is 0.474. The number of nitrogen functional groups attached to an aromatic ring is 1. The minimum Gasteiger partial charge on any atom is -0.491 e. The second-order valence-corrected chi connectivity index (χ2v) is 6.46. The zero-order valence-corrected chi connectivity index (χ0v) is 16.2. The molecule has 0 spiro atoms. The van der Waals surface area contributed by atoms with Gasteiger partial charge in [0.25, 0.3) is 5.56 Å². The van der Waals surface area contributed by atoms with Crippen LogP contribution in [0.1, 0.15) is 26.7 Å². The van der Waals surface area contributed by atoms with Crippen molar-refractivity contribution in [3.8, 4) is 5.75 Å². The lowest BCUT2D eigenvalue weighted by atomic mass is 10.2. The summed E-state index contributed by atoms with van der Waals surface area (Å²) in [6.45, 7) is 4.63. The number of likely N-dealkylation sites (N-methyl/N-ethyl adjacent to an activating group) is 1. The third-order valence-corrected chi connectivity index (χ3v) is 4.33. The van der Waals surface area contributed by atoms with Gasteiger partial charge in [0, 0.05) is 19.6 Å². The van der Waals surface area contributed by atoms with Crippen molar-refractivity contribution in [3.05, 3.63) is 50.9 Å². The van der Waals surface area contributed by atoms with Crippen LogP contribution in [-0.4, -0.2) is 40.5 Å². The Balaban J connectivity index is 2.14. The number of hydrogen-bond acceptors (Lipinski definition) is 6. The van der Waals surface area contributed by atoms with Gasteiger partial charge in [-0.05, 0) is 37.6 Å². The van der Waals surface area contributed by atoms with Gasteiger partial charge in [-0.2, -0.15) is 0 Å². The molecule has 8 nitrogen and oxygen atoms in total. The number of hydrogen-bond donors (Lipinski definition) is 3. The summed E-state index contributed by atoms with van der Waals surface area (Å²) < 4.78 is 19.7. The van der Waals surface area contributed by atoms with E-state index in [1.165, 1.54) is 28.8 Å². The van der Waals surface area contributed by atoms with Crippen LogP contribution in [0.4, 0.5) is 15.9 Å². The number of rotatable bonds is 10.